The van der Waals surface area contributed by atoms with Gasteiger partial charge in [-0.05, 0) is 66.4 Å². The molecule has 5 nitrogen and oxygen atoms in total. The second-order valence-corrected chi connectivity index (χ2v) is 11.9. The van der Waals surface area contributed by atoms with Gasteiger partial charge >= 0.3 is 0 Å². The summed E-state index contributed by atoms with van der Waals surface area (Å²) in [6.07, 6.45) is 23.1. The highest BCUT2D eigenvalue weighted by molar-refractivity contribution is 6.21. The highest BCUT2D eigenvalue weighted by Gasteiger charge is 2.58. The van der Waals surface area contributed by atoms with Crippen LogP contribution in [0.5, 0.6) is 0 Å². The molecule has 2 amide bonds. The number of carbonyl (C=O) groups excluding carboxylic acids is 2. The van der Waals surface area contributed by atoms with Crippen LogP contribution in [0, 0.1) is 22.7 Å². The summed E-state index contributed by atoms with van der Waals surface area (Å²) in [6.45, 7) is 0.563. The van der Waals surface area contributed by atoms with Crippen LogP contribution in [0.25, 0.3) is 0 Å². The van der Waals surface area contributed by atoms with Gasteiger partial charge in [-0.3, -0.25) is 14.6 Å². The molecule has 2 heterocycles. The molecule has 1 spiro atoms. The molecular weight excluding hydrogens is 494 g/mol. The molecule has 1 aromatic rings. The number of nitrogens with one attached hydrogen (secondary N) is 1. The van der Waals surface area contributed by atoms with Crippen molar-refractivity contribution in [2.45, 2.75) is 44.3 Å². The van der Waals surface area contributed by atoms with E-state index in [1.807, 2.05) is 23.1 Å². The van der Waals surface area contributed by atoms with E-state index >= 15 is 0 Å². The molecular formula is C32H32ClN3O2. The predicted octanol–water partition coefficient (Wildman–Crippen LogP) is 5.22. The Bertz CT molecular complexity index is 1380. The summed E-state index contributed by atoms with van der Waals surface area (Å²) in [5.74, 6) is 0.900. The minimum absolute atomic E-state index is 0.0803. The number of aryl methyl sites for hydroxylation is 1. The number of halogens is 1. The monoisotopic (exact) mass is 525 g/mol. The third kappa shape index (κ3) is 3.70. The molecule has 7 rings (SSSR count). The molecule has 0 bridgehead atoms. The summed E-state index contributed by atoms with van der Waals surface area (Å²) < 4.78 is 0. The maximum absolute atomic E-state index is 13.6. The summed E-state index contributed by atoms with van der Waals surface area (Å²) in [7, 11) is 0. The van der Waals surface area contributed by atoms with E-state index in [9.17, 15) is 9.59 Å². The lowest BCUT2D eigenvalue weighted by atomic mass is 9.74. The van der Waals surface area contributed by atoms with E-state index in [4.69, 9.17) is 11.6 Å². The van der Waals surface area contributed by atoms with Crippen molar-refractivity contribution < 1.29 is 9.59 Å². The number of benzene rings is 1. The first-order chi connectivity index (χ1) is 18.5. The Morgan fingerprint density at radius 3 is 2.89 bits per heavy atom. The molecule has 6 heteroatoms. The van der Waals surface area contributed by atoms with Gasteiger partial charge in [-0.2, -0.15) is 0 Å². The van der Waals surface area contributed by atoms with Gasteiger partial charge in [0.25, 0.3) is 0 Å². The van der Waals surface area contributed by atoms with Gasteiger partial charge in [-0.1, -0.05) is 66.8 Å². The minimum Gasteiger partial charge on any atom is -0.333 e. The molecule has 2 fully saturated rings. The summed E-state index contributed by atoms with van der Waals surface area (Å²) in [4.78, 5) is 33.3. The van der Waals surface area contributed by atoms with Gasteiger partial charge in [-0.15, -0.1) is 11.6 Å². The first kappa shape index (κ1) is 23.9. The number of allylic oxidation sites excluding steroid dienone is 6. The molecule has 5 unspecified atom stereocenters. The van der Waals surface area contributed by atoms with Crippen molar-refractivity contribution in [1.29, 1.82) is 0 Å². The molecule has 1 saturated heterocycles. The van der Waals surface area contributed by atoms with Gasteiger partial charge in [-0.25, -0.2) is 0 Å². The Kier molecular flexibility index (Phi) is 5.63. The lowest BCUT2D eigenvalue weighted by Crippen LogP contribution is -2.41. The molecule has 194 valence electrons. The van der Waals surface area contributed by atoms with Crippen LogP contribution < -0.4 is 5.32 Å². The van der Waals surface area contributed by atoms with Crippen LogP contribution in [0.1, 0.15) is 42.9 Å². The summed E-state index contributed by atoms with van der Waals surface area (Å²) in [5.41, 5.74) is 4.18. The molecule has 1 aromatic carbocycles. The Labute approximate surface area is 228 Å². The van der Waals surface area contributed by atoms with Crippen molar-refractivity contribution >= 4 is 29.6 Å². The number of amides is 2. The number of alkyl halides is 1. The molecule has 0 aromatic heterocycles. The van der Waals surface area contributed by atoms with Crippen LogP contribution in [0.2, 0.25) is 0 Å². The highest BCUT2D eigenvalue weighted by atomic mass is 35.5. The largest absolute Gasteiger partial charge is 0.333 e. The average molecular weight is 526 g/mol. The van der Waals surface area contributed by atoms with E-state index < -0.39 is 10.8 Å². The third-order valence-electron chi connectivity index (χ3n) is 9.45. The van der Waals surface area contributed by atoms with E-state index in [-0.39, 0.29) is 35.9 Å². The maximum Gasteiger partial charge on any atom is 0.238 e. The fraction of sp³-hybridized carbons (Fsp3) is 0.406. The zero-order valence-corrected chi connectivity index (χ0v) is 22.1. The fourth-order valence-electron chi connectivity index (χ4n) is 7.24. The van der Waals surface area contributed by atoms with Crippen LogP contribution in [0.3, 0.4) is 0 Å². The summed E-state index contributed by atoms with van der Waals surface area (Å²) in [6, 6.07) is 8.56. The second kappa shape index (κ2) is 8.94. The van der Waals surface area contributed by atoms with Crippen LogP contribution in [0.15, 0.2) is 89.0 Å². The number of rotatable bonds is 6. The number of hydrogen-bond donors (Lipinski definition) is 1. The topological polar surface area (TPSA) is 61.8 Å². The Morgan fingerprint density at radius 1 is 1.21 bits per heavy atom. The van der Waals surface area contributed by atoms with E-state index in [1.54, 1.807) is 6.21 Å². The average Bonchev–Trinajstić information content (AvgIpc) is 3.36. The smallest absolute Gasteiger partial charge is 0.238 e. The Morgan fingerprint density at radius 2 is 2.05 bits per heavy atom. The normalized spacial score (nSPS) is 33.1. The van der Waals surface area contributed by atoms with Gasteiger partial charge < -0.3 is 10.2 Å². The van der Waals surface area contributed by atoms with Crippen LogP contribution in [-0.4, -0.2) is 41.5 Å². The molecule has 6 aliphatic rings. The quantitative estimate of drug-likeness (QED) is 0.409. The SMILES string of the molecule is O=C(N(CC=CC1C=C2CC3(CC2=CC1)C(=O)NC1N=CC=CC13)C1CCc2ccccc21)C1(CCl)C=C1. The van der Waals surface area contributed by atoms with Crippen molar-refractivity contribution in [1.82, 2.24) is 10.2 Å². The summed E-state index contributed by atoms with van der Waals surface area (Å²) >= 11 is 6.23. The van der Waals surface area contributed by atoms with Gasteiger partial charge in [0.2, 0.25) is 11.8 Å². The van der Waals surface area contributed by atoms with Gasteiger partial charge in [0.15, 0.2) is 0 Å². The summed E-state index contributed by atoms with van der Waals surface area (Å²) in [5, 5.41) is 3.11. The third-order valence-corrected chi connectivity index (χ3v) is 9.89. The Hall–Kier alpha value is -3.18. The maximum atomic E-state index is 13.6. The van der Waals surface area contributed by atoms with Crippen LogP contribution >= 0.6 is 11.6 Å². The predicted molar refractivity (Wildman–Crippen MR) is 150 cm³/mol. The molecule has 1 saturated carbocycles. The first-order valence-corrected chi connectivity index (χ1v) is 14.3. The molecule has 2 aliphatic heterocycles. The van der Waals surface area contributed by atoms with Crippen molar-refractivity contribution in [3.05, 3.63) is 95.1 Å². The van der Waals surface area contributed by atoms with E-state index in [0.29, 0.717) is 12.4 Å². The van der Waals surface area contributed by atoms with Crippen molar-refractivity contribution in [2.75, 3.05) is 12.4 Å². The van der Waals surface area contributed by atoms with Crippen molar-refractivity contribution in [3.63, 3.8) is 0 Å². The number of hydrogen-bond acceptors (Lipinski definition) is 3. The number of aliphatic imine (C=N–C) groups is 1. The van der Waals surface area contributed by atoms with Gasteiger partial charge in [0.05, 0.1) is 16.9 Å². The highest BCUT2D eigenvalue weighted by Crippen LogP contribution is 2.56. The lowest BCUT2D eigenvalue weighted by Gasteiger charge is -2.32. The molecule has 1 N–H and O–H groups in total. The standard InChI is InChI=1S/C32H32ClN3O2/c33-20-31(13-14-31)30(38)36(27-12-11-22-6-1-2-7-25(22)27)16-4-5-21-9-10-23-18-32(19-24(23)17-21)26-8-3-15-34-28(26)35-29(32)37/h1-8,10,13-15,17,21,26-28H,9,11-12,16,18-20H2,(H,35,37). The zero-order chi connectivity index (χ0) is 25.9. The molecule has 0 radical (unpaired) electrons. The van der Waals surface area contributed by atoms with Crippen molar-refractivity contribution in [2.24, 2.45) is 27.7 Å². The Balaban J connectivity index is 1.09. The molecule has 38 heavy (non-hydrogen) atoms. The van der Waals surface area contributed by atoms with Crippen LogP contribution in [0.4, 0.5) is 0 Å². The molecule has 4 aliphatic carbocycles. The van der Waals surface area contributed by atoms with Gasteiger partial charge in [0, 0.05) is 24.6 Å². The lowest BCUT2D eigenvalue weighted by molar-refractivity contribution is -0.137. The van der Waals surface area contributed by atoms with Gasteiger partial charge in [0.1, 0.15) is 6.17 Å². The zero-order valence-electron chi connectivity index (χ0n) is 21.4. The van der Waals surface area contributed by atoms with E-state index in [2.05, 4.69) is 65.0 Å². The van der Waals surface area contributed by atoms with E-state index in [1.165, 1.54) is 22.3 Å². The van der Waals surface area contributed by atoms with E-state index in [0.717, 1.165) is 32.1 Å². The number of carbonyl (C=O) groups is 2. The number of fused-ring (bicyclic) bond motifs is 4. The number of nitrogens with zero attached hydrogens (tertiary/aromatic N) is 2. The first-order valence-electron chi connectivity index (χ1n) is 13.8. The second-order valence-electron chi connectivity index (χ2n) is 11.6. The number of dihydropyridines is 1. The fourth-order valence-corrected chi connectivity index (χ4v) is 7.53. The van der Waals surface area contributed by atoms with Crippen LogP contribution in [-0.2, 0) is 16.0 Å². The molecule has 5 atom stereocenters. The van der Waals surface area contributed by atoms with Crippen molar-refractivity contribution in [3.8, 4) is 0 Å². The minimum atomic E-state index is -0.618.